The number of aliphatic carboxylic acids is 1. The minimum Gasteiger partial charge on any atom is -0.475 e. The number of hydrogen-bond donors (Lipinski definition) is 2. The molecule has 0 bridgehead atoms. The molecule has 194 valence electrons. The van der Waals surface area contributed by atoms with Gasteiger partial charge >= 0.3 is 12.1 Å². The minimum absolute atomic E-state index is 0.240. The van der Waals surface area contributed by atoms with Crippen molar-refractivity contribution in [2.24, 2.45) is 0 Å². The lowest BCUT2D eigenvalue weighted by atomic mass is 10.1. The van der Waals surface area contributed by atoms with Gasteiger partial charge in [-0.05, 0) is 47.5 Å². The molecular formula is C26H18F4N4O4. The molecule has 0 radical (unpaired) electrons. The first-order valence-electron chi connectivity index (χ1n) is 10.9. The van der Waals surface area contributed by atoms with Crippen LogP contribution in [0, 0.1) is 5.82 Å². The Bertz CT molecular complexity index is 1550. The van der Waals surface area contributed by atoms with E-state index >= 15 is 0 Å². The highest BCUT2D eigenvalue weighted by molar-refractivity contribution is 6.02. The van der Waals surface area contributed by atoms with Gasteiger partial charge in [0.2, 0.25) is 0 Å². The fourth-order valence-corrected chi connectivity index (χ4v) is 3.52. The van der Waals surface area contributed by atoms with Crippen molar-refractivity contribution in [2.75, 3.05) is 0 Å². The Kier molecular flexibility index (Phi) is 7.51. The molecule has 0 aliphatic rings. The van der Waals surface area contributed by atoms with Gasteiger partial charge in [0.15, 0.2) is 6.39 Å². The Morgan fingerprint density at radius 3 is 2.32 bits per heavy atom. The second-order valence-corrected chi connectivity index (χ2v) is 7.81. The van der Waals surface area contributed by atoms with E-state index < -0.39 is 12.1 Å². The number of carbonyl (C=O) groups excluding carboxylic acids is 1. The van der Waals surface area contributed by atoms with E-state index in [-0.39, 0.29) is 11.7 Å². The Hall–Kier alpha value is -5.00. The van der Waals surface area contributed by atoms with Gasteiger partial charge in [0.1, 0.15) is 17.8 Å². The summed E-state index contributed by atoms with van der Waals surface area (Å²) in [4.78, 5) is 30.4. The van der Waals surface area contributed by atoms with E-state index in [0.29, 0.717) is 23.5 Å². The van der Waals surface area contributed by atoms with E-state index in [2.05, 4.69) is 15.3 Å². The summed E-state index contributed by atoms with van der Waals surface area (Å²) in [5.74, 6) is -3.29. The minimum atomic E-state index is -5.08. The molecule has 1 aromatic carbocycles. The number of hydrogen-bond acceptors (Lipinski definition) is 5. The standard InChI is InChI=1S/C24H17FN4O2.C2HF3O2/c25-18-7-4-16(5-8-18)17-6-9-20-11-21(23(29(20)13-17)22-14-31-15-28-22)24(30)27-12-19-3-1-2-10-26-19;3-2(4,5)1(6)7/h1-11,13-15H,12H2,(H,27,30);(H,6,7). The number of aromatic nitrogens is 3. The van der Waals surface area contributed by atoms with Gasteiger partial charge in [0.05, 0.1) is 23.5 Å². The number of amides is 1. The molecule has 8 nitrogen and oxygen atoms in total. The van der Waals surface area contributed by atoms with Crippen LogP contribution in [0.15, 0.2) is 90.1 Å². The van der Waals surface area contributed by atoms with Crippen LogP contribution in [0.25, 0.3) is 28.0 Å². The molecule has 2 N–H and O–H groups in total. The van der Waals surface area contributed by atoms with E-state index in [0.717, 1.165) is 22.3 Å². The topological polar surface area (TPSA) is 110 Å². The molecule has 0 spiro atoms. The number of carboxylic acids is 1. The fraction of sp³-hybridized carbons (Fsp3) is 0.0769. The van der Waals surface area contributed by atoms with E-state index in [1.807, 2.05) is 47.0 Å². The van der Waals surface area contributed by atoms with E-state index in [1.54, 1.807) is 18.3 Å². The van der Waals surface area contributed by atoms with Crippen molar-refractivity contribution in [3.63, 3.8) is 0 Å². The average Bonchev–Trinajstić information content (AvgIpc) is 3.55. The normalized spacial score (nSPS) is 11.1. The monoisotopic (exact) mass is 526 g/mol. The summed E-state index contributed by atoms with van der Waals surface area (Å²) in [5, 5.41) is 10.0. The number of pyridine rings is 2. The Morgan fingerprint density at radius 1 is 1.00 bits per heavy atom. The molecule has 12 heteroatoms. The number of nitrogens with one attached hydrogen (secondary N) is 1. The van der Waals surface area contributed by atoms with Crippen LogP contribution in [-0.2, 0) is 11.3 Å². The van der Waals surface area contributed by atoms with Crippen LogP contribution >= 0.6 is 0 Å². The molecule has 4 heterocycles. The highest BCUT2D eigenvalue weighted by atomic mass is 19.4. The number of alkyl halides is 3. The summed E-state index contributed by atoms with van der Waals surface area (Å²) >= 11 is 0. The molecule has 38 heavy (non-hydrogen) atoms. The van der Waals surface area contributed by atoms with Crippen LogP contribution in [0.3, 0.4) is 0 Å². The van der Waals surface area contributed by atoms with Crippen molar-refractivity contribution >= 4 is 17.4 Å². The third-order valence-electron chi connectivity index (χ3n) is 5.26. The summed E-state index contributed by atoms with van der Waals surface area (Å²) in [6, 6.07) is 17.5. The second kappa shape index (κ2) is 10.9. The molecule has 0 atom stereocenters. The van der Waals surface area contributed by atoms with Crippen LogP contribution in [0.2, 0.25) is 0 Å². The second-order valence-electron chi connectivity index (χ2n) is 7.81. The molecule has 0 aliphatic carbocycles. The van der Waals surface area contributed by atoms with Crippen LogP contribution in [-0.4, -0.2) is 37.5 Å². The Morgan fingerprint density at radius 2 is 1.71 bits per heavy atom. The van der Waals surface area contributed by atoms with Crippen molar-refractivity contribution in [3.8, 4) is 22.5 Å². The number of oxazole rings is 1. The maximum Gasteiger partial charge on any atom is 0.490 e. The van der Waals surface area contributed by atoms with Gasteiger partial charge in [0, 0.05) is 17.9 Å². The zero-order chi connectivity index (χ0) is 27.3. The van der Waals surface area contributed by atoms with E-state index in [4.69, 9.17) is 14.3 Å². The van der Waals surface area contributed by atoms with Crippen molar-refractivity contribution in [3.05, 3.63) is 103 Å². The number of halogens is 4. The van der Waals surface area contributed by atoms with Crippen LogP contribution in [0.4, 0.5) is 17.6 Å². The number of rotatable bonds is 5. The molecule has 5 rings (SSSR count). The summed E-state index contributed by atoms with van der Waals surface area (Å²) in [6.07, 6.45) is 1.34. The summed E-state index contributed by atoms with van der Waals surface area (Å²) < 4.78 is 52.1. The molecule has 0 aliphatic heterocycles. The van der Waals surface area contributed by atoms with Gasteiger partial charge in [-0.3, -0.25) is 9.78 Å². The maximum atomic E-state index is 13.3. The molecule has 1 amide bonds. The third kappa shape index (κ3) is 6.03. The van der Waals surface area contributed by atoms with Crippen molar-refractivity contribution in [2.45, 2.75) is 12.7 Å². The average molecular weight is 526 g/mol. The molecular weight excluding hydrogens is 508 g/mol. The highest BCUT2D eigenvalue weighted by Gasteiger charge is 2.38. The lowest BCUT2D eigenvalue weighted by Gasteiger charge is -2.08. The highest BCUT2D eigenvalue weighted by Crippen LogP contribution is 2.29. The fourth-order valence-electron chi connectivity index (χ4n) is 3.52. The summed E-state index contributed by atoms with van der Waals surface area (Å²) in [7, 11) is 0. The number of carboxylic acid groups (broad SMARTS) is 1. The molecule has 5 aromatic rings. The van der Waals surface area contributed by atoms with Crippen molar-refractivity contribution < 1.29 is 36.7 Å². The number of nitrogens with zero attached hydrogens (tertiary/aromatic N) is 3. The van der Waals surface area contributed by atoms with Crippen molar-refractivity contribution in [1.82, 2.24) is 19.7 Å². The van der Waals surface area contributed by atoms with E-state index in [9.17, 15) is 22.4 Å². The van der Waals surface area contributed by atoms with Gasteiger partial charge in [-0.2, -0.15) is 13.2 Å². The Balaban J connectivity index is 0.000000426. The van der Waals surface area contributed by atoms with E-state index in [1.165, 1.54) is 24.8 Å². The zero-order valence-corrected chi connectivity index (χ0v) is 19.3. The van der Waals surface area contributed by atoms with Gasteiger partial charge in [-0.25, -0.2) is 14.2 Å². The Labute approximate surface area is 212 Å². The smallest absolute Gasteiger partial charge is 0.475 e. The van der Waals surface area contributed by atoms with Crippen LogP contribution < -0.4 is 5.32 Å². The first-order valence-corrected chi connectivity index (χ1v) is 10.9. The first-order chi connectivity index (χ1) is 18.1. The third-order valence-corrected chi connectivity index (χ3v) is 5.26. The van der Waals surface area contributed by atoms with Crippen LogP contribution in [0.5, 0.6) is 0 Å². The van der Waals surface area contributed by atoms with Crippen LogP contribution in [0.1, 0.15) is 16.1 Å². The molecule has 0 saturated heterocycles. The van der Waals surface area contributed by atoms with Crippen molar-refractivity contribution in [1.29, 1.82) is 0 Å². The summed E-state index contributed by atoms with van der Waals surface area (Å²) in [5.41, 5.74) is 4.97. The molecule has 0 fully saturated rings. The first kappa shape index (κ1) is 26.1. The molecule has 0 saturated carbocycles. The van der Waals surface area contributed by atoms with Gasteiger partial charge in [-0.1, -0.05) is 24.3 Å². The largest absolute Gasteiger partial charge is 0.490 e. The number of benzene rings is 1. The maximum absolute atomic E-state index is 13.3. The summed E-state index contributed by atoms with van der Waals surface area (Å²) in [6.45, 7) is 0.310. The number of fused-ring (bicyclic) bond motifs is 1. The zero-order valence-electron chi connectivity index (χ0n) is 19.3. The predicted molar refractivity (Wildman–Crippen MR) is 127 cm³/mol. The molecule has 4 aromatic heterocycles. The lowest BCUT2D eigenvalue weighted by Crippen LogP contribution is -2.23. The lowest BCUT2D eigenvalue weighted by molar-refractivity contribution is -0.192. The SMILES string of the molecule is O=C(NCc1ccccn1)c1cc2ccc(-c3ccc(F)cc3)cn2c1-c1cocn1.O=C(O)C(F)(F)F. The van der Waals surface area contributed by atoms with Gasteiger partial charge in [0.25, 0.3) is 5.91 Å². The van der Waals surface area contributed by atoms with Gasteiger partial charge < -0.3 is 19.2 Å². The predicted octanol–water partition coefficient (Wildman–Crippen LogP) is 5.36. The quantitative estimate of drug-likeness (QED) is 0.299. The molecule has 0 unspecified atom stereocenters. The van der Waals surface area contributed by atoms with Gasteiger partial charge in [-0.15, -0.1) is 0 Å². The number of carbonyl (C=O) groups is 2.